The maximum Gasteiger partial charge on any atom is 0.322 e. The van der Waals surface area contributed by atoms with Gasteiger partial charge < -0.3 is 14.7 Å². The number of aryl methyl sites for hydroxylation is 2. The fourth-order valence-electron chi connectivity index (χ4n) is 2.77. The Balaban J connectivity index is 1.77. The SMILES string of the molecule is Cc1ccc(C)c(NC(=O)N2CCC[C@H]2c2ccon2)c1. The summed E-state index contributed by atoms with van der Waals surface area (Å²) in [6.07, 6.45) is 3.46. The lowest BCUT2D eigenvalue weighted by atomic mass is 10.1. The highest BCUT2D eigenvalue weighted by Crippen LogP contribution is 2.31. The van der Waals surface area contributed by atoms with Gasteiger partial charge in [0.1, 0.15) is 12.0 Å². The van der Waals surface area contributed by atoms with Crippen LogP contribution in [0.1, 0.15) is 35.7 Å². The number of anilines is 1. The van der Waals surface area contributed by atoms with Crippen LogP contribution in [-0.2, 0) is 0 Å². The second-order valence-electron chi connectivity index (χ2n) is 5.52. The maximum absolute atomic E-state index is 12.5. The Morgan fingerprint density at radius 2 is 2.24 bits per heavy atom. The van der Waals surface area contributed by atoms with Crippen LogP contribution in [0.2, 0.25) is 0 Å². The van der Waals surface area contributed by atoms with Gasteiger partial charge in [-0.3, -0.25) is 0 Å². The van der Waals surface area contributed by atoms with Gasteiger partial charge in [-0.1, -0.05) is 17.3 Å². The van der Waals surface area contributed by atoms with Crippen LogP contribution in [0.3, 0.4) is 0 Å². The highest BCUT2D eigenvalue weighted by atomic mass is 16.5. The number of hydrogen-bond donors (Lipinski definition) is 1. The number of carbonyl (C=O) groups excluding carboxylic acids is 1. The minimum Gasteiger partial charge on any atom is -0.364 e. The molecule has 2 heterocycles. The van der Waals surface area contributed by atoms with Gasteiger partial charge >= 0.3 is 6.03 Å². The first kappa shape index (κ1) is 13.7. The van der Waals surface area contributed by atoms with Crippen molar-refractivity contribution in [1.82, 2.24) is 10.1 Å². The molecule has 1 atom stereocenters. The van der Waals surface area contributed by atoms with E-state index in [1.807, 2.05) is 43.0 Å². The number of nitrogens with zero attached hydrogens (tertiary/aromatic N) is 2. The minimum atomic E-state index is -0.0748. The Kier molecular flexibility index (Phi) is 3.64. The fraction of sp³-hybridized carbons (Fsp3) is 0.375. The first-order chi connectivity index (χ1) is 10.1. The van der Waals surface area contributed by atoms with Crippen LogP contribution >= 0.6 is 0 Å². The van der Waals surface area contributed by atoms with Crippen LogP contribution in [0.15, 0.2) is 35.1 Å². The number of urea groups is 1. The summed E-state index contributed by atoms with van der Waals surface area (Å²) >= 11 is 0. The van der Waals surface area contributed by atoms with Gasteiger partial charge in [0.15, 0.2) is 0 Å². The van der Waals surface area contributed by atoms with E-state index in [9.17, 15) is 4.79 Å². The summed E-state index contributed by atoms with van der Waals surface area (Å²) in [6.45, 7) is 4.76. The van der Waals surface area contributed by atoms with E-state index >= 15 is 0 Å². The second kappa shape index (κ2) is 5.60. The summed E-state index contributed by atoms with van der Waals surface area (Å²) < 4.78 is 4.90. The Morgan fingerprint density at radius 3 is 3.00 bits per heavy atom. The van der Waals surface area contributed by atoms with Crippen molar-refractivity contribution in [2.24, 2.45) is 0 Å². The summed E-state index contributed by atoms with van der Waals surface area (Å²) in [5.41, 5.74) is 3.88. The van der Waals surface area contributed by atoms with Gasteiger partial charge in [0.2, 0.25) is 0 Å². The van der Waals surface area contributed by atoms with Crippen LogP contribution in [0.5, 0.6) is 0 Å². The highest BCUT2D eigenvalue weighted by molar-refractivity contribution is 5.90. The quantitative estimate of drug-likeness (QED) is 0.916. The predicted molar refractivity (Wildman–Crippen MR) is 80.1 cm³/mol. The molecule has 1 aliphatic heterocycles. The Labute approximate surface area is 123 Å². The zero-order valence-electron chi connectivity index (χ0n) is 12.3. The van der Waals surface area contributed by atoms with Crippen molar-refractivity contribution >= 4 is 11.7 Å². The molecule has 1 aromatic heterocycles. The standard InChI is InChI=1S/C16H19N3O2/c1-11-5-6-12(2)14(10-11)17-16(20)19-8-3-4-15(19)13-7-9-21-18-13/h5-7,9-10,15H,3-4,8H2,1-2H3,(H,17,20)/t15-/m0/s1. The van der Waals surface area contributed by atoms with E-state index in [4.69, 9.17) is 4.52 Å². The lowest BCUT2D eigenvalue weighted by molar-refractivity contribution is 0.204. The van der Waals surface area contributed by atoms with Crippen molar-refractivity contribution in [1.29, 1.82) is 0 Å². The molecule has 3 rings (SSSR count). The topological polar surface area (TPSA) is 58.4 Å². The summed E-state index contributed by atoms with van der Waals surface area (Å²) in [7, 11) is 0. The molecule has 110 valence electrons. The van der Waals surface area contributed by atoms with Crippen molar-refractivity contribution in [3.05, 3.63) is 47.3 Å². The lowest BCUT2D eigenvalue weighted by Crippen LogP contribution is -2.34. The summed E-state index contributed by atoms with van der Waals surface area (Å²) in [5, 5.41) is 6.99. The maximum atomic E-state index is 12.5. The molecule has 0 spiro atoms. The normalized spacial score (nSPS) is 18.0. The van der Waals surface area contributed by atoms with Crippen LogP contribution in [0, 0.1) is 13.8 Å². The van der Waals surface area contributed by atoms with Gasteiger partial charge in [-0.25, -0.2) is 4.79 Å². The highest BCUT2D eigenvalue weighted by Gasteiger charge is 2.31. The molecule has 2 amide bonds. The van der Waals surface area contributed by atoms with Crippen LogP contribution in [-0.4, -0.2) is 22.6 Å². The molecular weight excluding hydrogens is 266 g/mol. The van der Waals surface area contributed by atoms with E-state index in [-0.39, 0.29) is 12.1 Å². The number of rotatable bonds is 2. The Bertz CT molecular complexity index is 637. The van der Waals surface area contributed by atoms with Gasteiger partial charge in [0.05, 0.1) is 6.04 Å². The molecule has 0 radical (unpaired) electrons. The molecule has 1 aliphatic rings. The smallest absolute Gasteiger partial charge is 0.322 e. The average molecular weight is 285 g/mol. The van der Waals surface area contributed by atoms with E-state index < -0.39 is 0 Å². The molecule has 0 saturated carbocycles. The van der Waals surface area contributed by atoms with E-state index in [0.29, 0.717) is 0 Å². The van der Waals surface area contributed by atoms with Gasteiger partial charge in [0, 0.05) is 18.3 Å². The van der Waals surface area contributed by atoms with E-state index in [0.717, 1.165) is 41.9 Å². The fourth-order valence-corrected chi connectivity index (χ4v) is 2.77. The summed E-state index contributed by atoms with van der Waals surface area (Å²) in [4.78, 5) is 14.4. The zero-order chi connectivity index (χ0) is 14.8. The molecule has 5 heteroatoms. The molecule has 0 bridgehead atoms. The molecule has 21 heavy (non-hydrogen) atoms. The molecule has 0 aliphatic carbocycles. The van der Waals surface area contributed by atoms with Gasteiger partial charge in [-0.15, -0.1) is 0 Å². The third-order valence-corrected chi connectivity index (χ3v) is 3.95. The van der Waals surface area contributed by atoms with Crippen molar-refractivity contribution in [3.63, 3.8) is 0 Å². The Hall–Kier alpha value is -2.30. The molecule has 1 N–H and O–H groups in total. The predicted octanol–water partition coefficient (Wildman–Crippen LogP) is 3.66. The number of amides is 2. The molecular formula is C16H19N3O2. The van der Waals surface area contributed by atoms with Crippen molar-refractivity contribution in [2.75, 3.05) is 11.9 Å². The Morgan fingerprint density at radius 1 is 1.38 bits per heavy atom. The molecule has 0 unspecified atom stereocenters. The van der Waals surface area contributed by atoms with Crippen molar-refractivity contribution in [2.45, 2.75) is 32.7 Å². The molecule has 1 saturated heterocycles. The third-order valence-electron chi connectivity index (χ3n) is 3.95. The van der Waals surface area contributed by atoms with Crippen LogP contribution in [0.25, 0.3) is 0 Å². The second-order valence-corrected chi connectivity index (χ2v) is 5.52. The minimum absolute atomic E-state index is 0.00821. The van der Waals surface area contributed by atoms with Crippen molar-refractivity contribution in [3.8, 4) is 0 Å². The monoisotopic (exact) mass is 285 g/mol. The van der Waals surface area contributed by atoms with Gasteiger partial charge in [0.25, 0.3) is 0 Å². The van der Waals surface area contributed by atoms with E-state index in [2.05, 4.69) is 10.5 Å². The molecule has 1 fully saturated rings. The molecule has 5 nitrogen and oxygen atoms in total. The van der Waals surface area contributed by atoms with E-state index in [1.54, 1.807) is 6.26 Å². The lowest BCUT2D eigenvalue weighted by Gasteiger charge is -2.24. The number of likely N-dealkylation sites (tertiary alicyclic amines) is 1. The third kappa shape index (κ3) is 2.77. The summed E-state index contributed by atoms with van der Waals surface area (Å²) in [5.74, 6) is 0. The molecule has 2 aromatic rings. The van der Waals surface area contributed by atoms with Gasteiger partial charge in [-0.05, 0) is 43.9 Å². The number of hydrogen-bond acceptors (Lipinski definition) is 3. The van der Waals surface area contributed by atoms with Gasteiger partial charge in [-0.2, -0.15) is 0 Å². The van der Waals surface area contributed by atoms with Crippen LogP contribution < -0.4 is 5.32 Å². The number of benzene rings is 1. The summed E-state index contributed by atoms with van der Waals surface area (Å²) in [6, 6.07) is 7.81. The number of nitrogens with one attached hydrogen (secondary N) is 1. The number of carbonyl (C=O) groups is 1. The van der Waals surface area contributed by atoms with E-state index in [1.165, 1.54) is 0 Å². The average Bonchev–Trinajstić information content (AvgIpc) is 3.12. The first-order valence-electron chi connectivity index (χ1n) is 7.20. The zero-order valence-corrected chi connectivity index (χ0v) is 12.3. The number of aromatic nitrogens is 1. The molecule has 1 aromatic carbocycles. The first-order valence-corrected chi connectivity index (χ1v) is 7.20. The van der Waals surface area contributed by atoms with Crippen molar-refractivity contribution < 1.29 is 9.32 Å². The largest absolute Gasteiger partial charge is 0.364 e. The van der Waals surface area contributed by atoms with Crippen LogP contribution in [0.4, 0.5) is 10.5 Å².